The number of hydrogen-bond donors (Lipinski definition) is 1. The Hall–Kier alpha value is -0.920. The van der Waals surface area contributed by atoms with Crippen molar-refractivity contribution in [2.45, 2.75) is 44.2 Å². The second-order valence-electron chi connectivity index (χ2n) is 5.49. The highest BCUT2D eigenvalue weighted by Gasteiger charge is 2.44. The van der Waals surface area contributed by atoms with E-state index in [-0.39, 0.29) is 17.4 Å². The molecule has 1 saturated heterocycles. The quantitative estimate of drug-likeness (QED) is 0.884. The van der Waals surface area contributed by atoms with Crippen molar-refractivity contribution in [2.24, 2.45) is 5.92 Å². The van der Waals surface area contributed by atoms with Crippen molar-refractivity contribution in [3.8, 4) is 0 Å². The van der Waals surface area contributed by atoms with E-state index in [0.717, 1.165) is 6.42 Å². The van der Waals surface area contributed by atoms with E-state index in [1.54, 1.807) is 17.8 Å². The summed E-state index contributed by atoms with van der Waals surface area (Å²) in [6.45, 7) is 6.71. The third-order valence-corrected chi connectivity index (χ3v) is 5.50. The summed E-state index contributed by atoms with van der Waals surface area (Å²) in [6, 6.07) is 0. The summed E-state index contributed by atoms with van der Waals surface area (Å²) in [4.78, 5) is 0.200. The summed E-state index contributed by atoms with van der Waals surface area (Å²) < 4.78 is 27.9. The van der Waals surface area contributed by atoms with E-state index in [0.29, 0.717) is 13.1 Å². The monoisotopic (exact) mass is 287 g/mol. The molecule has 1 aliphatic rings. The number of rotatable bonds is 4. The van der Waals surface area contributed by atoms with Crippen molar-refractivity contribution in [1.29, 1.82) is 0 Å². The number of aromatic nitrogens is 2. The predicted octanol–water partition coefficient (Wildman–Crippen LogP) is 0.684. The third kappa shape index (κ3) is 2.68. The van der Waals surface area contributed by atoms with Crippen molar-refractivity contribution in [2.75, 3.05) is 13.1 Å². The molecule has 7 heteroatoms. The summed E-state index contributed by atoms with van der Waals surface area (Å²) in [6.07, 6.45) is 3.83. The normalized spacial score (nSPS) is 28.9. The van der Waals surface area contributed by atoms with E-state index in [1.165, 1.54) is 10.5 Å². The second-order valence-corrected chi connectivity index (χ2v) is 7.43. The first-order valence-electron chi connectivity index (χ1n) is 6.52. The molecule has 6 nitrogen and oxygen atoms in total. The Morgan fingerprint density at radius 3 is 2.79 bits per heavy atom. The standard InChI is InChI=1S/C12H21N3O3S/c1-4-5-14-8-11(6-13-14)19(17,18)15-7-10(2)12(3,16)9-15/h6,8,10,16H,4-5,7,9H2,1-3H3/t10-,12+/m1/s1. The van der Waals surface area contributed by atoms with Gasteiger partial charge < -0.3 is 5.11 Å². The fraction of sp³-hybridized carbons (Fsp3) is 0.750. The molecule has 0 aliphatic carbocycles. The molecule has 0 radical (unpaired) electrons. The number of aliphatic hydroxyl groups is 1. The molecular formula is C12H21N3O3S. The van der Waals surface area contributed by atoms with Crippen LogP contribution in [0.1, 0.15) is 27.2 Å². The summed E-state index contributed by atoms with van der Waals surface area (Å²) in [5.41, 5.74) is -0.966. The molecule has 1 N–H and O–H groups in total. The minimum absolute atomic E-state index is 0.0760. The van der Waals surface area contributed by atoms with Gasteiger partial charge in [0, 0.05) is 25.8 Å². The zero-order chi connectivity index (χ0) is 14.3. The van der Waals surface area contributed by atoms with Crippen LogP contribution >= 0.6 is 0 Å². The topological polar surface area (TPSA) is 75.4 Å². The molecule has 1 aromatic heterocycles. The predicted molar refractivity (Wildman–Crippen MR) is 71.1 cm³/mol. The van der Waals surface area contributed by atoms with Gasteiger partial charge in [0.25, 0.3) is 0 Å². The summed E-state index contributed by atoms with van der Waals surface area (Å²) >= 11 is 0. The largest absolute Gasteiger partial charge is 0.388 e. The maximum atomic E-state index is 12.4. The van der Waals surface area contributed by atoms with Crippen LogP contribution < -0.4 is 0 Å². The van der Waals surface area contributed by atoms with Gasteiger partial charge in [0.2, 0.25) is 10.0 Å². The summed E-state index contributed by atoms with van der Waals surface area (Å²) in [5.74, 6) is -0.0760. The number of aryl methyl sites for hydroxylation is 1. The molecule has 108 valence electrons. The number of hydrogen-bond acceptors (Lipinski definition) is 4. The molecule has 0 amide bonds. The Bertz CT molecular complexity index is 550. The average molecular weight is 287 g/mol. The van der Waals surface area contributed by atoms with Crippen molar-refractivity contribution in [3.63, 3.8) is 0 Å². The lowest BCUT2D eigenvalue weighted by Crippen LogP contribution is -2.35. The van der Waals surface area contributed by atoms with Crippen LogP contribution in [0.2, 0.25) is 0 Å². The Kier molecular flexibility index (Phi) is 3.72. The van der Waals surface area contributed by atoms with Gasteiger partial charge in [-0.05, 0) is 19.3 Å². The fourth-order valence-electron chi connectivity index (χ4n) is 2.24. The highest BCUT2D eigenvalue weighted by atomic mass is 32.2. The van der Waals surface area contributed by atoms with E-state index in [2.05, 4.69) is 5.10 Å². The van der Waals surface area contributed by atoms with Gasteiger partial charge in [0.05, 0.1) is 11.8 Å². The van der Waals surface area contributed by atoms with Crippen LogP contribution in [-0.2, 0) is 16.6 Å². The van der Waals surface area contributed by atoms with Crippen LogP contribution in [0.3, 0.4) is 0 Å². The van der Waals surface area contributed by atoms with Gasteiger partial charge in [0.15, 0.2) is 0 Å². The third-order valence-electron chi connectivity index (χ3n) is 3.74. The van der Waals surface area contributed by atoms with Crippen LogP contribution in [0.4, 0.5) is 0 Å². The first kappa shape index (κ1) is 14.5. The minimum atomic E-state index is -3.55. The van der Waals surface area contributed by atoms with Gasteiger partial charge in [-0.15, -0.1) is 0 Å². The summed E-state index contributed by atoms with van der Waals surface area (Å²) in [5, 5.41) is 14.2. The van der Waals surface area contributed by atoms with Gasteiger partial charge in [-0.1, -0.05) is 13.8 Å². The van der Waals surface area contributed by atoms with Crippen LogP contribution in [0.25, 0.3) is 0 Å². The Morgan fingerprint density at radius 1 is 1.58 bits per heavy atom. The van der Waals surface area contributed by atoms with Crippen molar-refractivity contribution in [3.05, 3.63) is 12.4 Å². The molecule has 2 atom stereocenters. The maximum absolute atomic E-state index is 12.4. The van der Waals surface area contributed by atoms with E-state index in [4.69, 9.17) is 0 Å². The van der Waals surface area contributed by atoms with E-state index < -0.39 is 15.6 Å². The van der Waals surface area contributed by atoms with Gasteiger partial charge in [0.1, 0.15) is 4.90 Å². The molecule has 1 fully saturated rings. The molecule has 0 aromatic carbocycles. The molecule has 1 aromatic rings. The zero-order valence-electron chi connectivity index (χ0n) is 11.6. The molecule has 0 saturated carbocycles. The Balaban J connectivity index is 2.23. The van der Waals surface area contributed by atoms with Crippen LogP contribution in [0, 0.1) is 5.92 Å². The van der Waals surface area contributed by atoms with Crippen LogP contribution in [0.15, 0.2) is 17.3 Å². The number of nitrogens with zero attached hydrogens (tertiary/aromatic N) is 3. The first-order valence-corrected chi connectivity index (χ1v) is 7.96. The molecule has 2 rings (SSSR count). The first-order chi connectivity index (χ1) is 8.77. The van der Waals surface area contributed by atoms with E-state index >= 15 is 0 Å². The highest BCUT2D eigenvalue weighted by Crippen LogP contribution is 2.31. The molecular weight excluding hydrogens is 266 g/mol. The summed E-state index contributed by atoms with van der Waals surface area (Å²) in [7, 11) is -3.55. The molecule has 0 unspecified atom stereocenters. The van der Waals surface area contributed by atoms with Crippen molar-refractivity contribution in [1.82, 2.24) is 14.1 Å². The molecule has 0 spiro atoms. The van der Waals surface area contributed by atoms with Crippen molar-refractivity contribution >= 4 is 10.0 Å². The maximum Gasteiger partial charge on any atom is 0.246 e. The molecule has 2 heterocycles. The van der Waals surface area contributed by atoms with E-state index in [1.807, 2.05) is 13.8 Å². The second kappa shape index (κ2) is 4.88. The van der Waals surface area contributed by atoms with Gasteiger partial charge in [-0.2, -0.15) is 9.40 Å². The smallest absolute Gasteiger partial charge is 0.246 e. The average Bonchev–Trinajstić information content (AvgIpc) is 2.86. The molecule has 0 bridgehead atoms. The van der Waals surface area contributed by atoms with E-state index in [9.17, 15) is 13.5 Å². The molecule has 19 heavy (non-hydrogen) atoms. The molecule has 1 aliphatic heterocycles. The number of sulfonamides is 1. The van der Waals surface area contributed by atoms with Crippen molar-refractivity contribution < 1.29 is 13.5 Å². The minimum Gasteiger partial charge on any atom is -0.388 e. The fourth-order valence-corrected chi connectivity index (χ4v) is 3.83. The van der Waals surface area contributed by atoms with Gasteiger partial charge >= 0.3 is 0 Å². The lowest BCUT2D eigenvalue weighted by atomic mass is 9.95. The number of β-amino-alcohol motifs (C(OH)–C–C–N with tert-alkyl or cyclic N) is 1. The van der Waals surface area contributed by atoms with Crippen LogP contribution in [0.5, 0.6) is 0 Å². The SMILES string of the molecule is CCCn1cc(S(=O)(=O)N2C[C@@H](C)[C@@](C)(O)C2)cn1. The Labute approximate surface area is 114 Å². The van der Waals surface area contributed by atoms with Crippen LogP contribution in [-0.4, -0.2) is 46.3 Å². The van der Waals surface area contributed by atoms with Gasteiger partial charge in [-0.25, -0.2) is 8.42 Å². The highest BCUT2D eigenvalue weighted by molar-refractivity contribution is 7.89. The lowest BCUT2D eigenvalue weighted by molar-refractivity contribution is 0.0404. The van der Waals surface area contributed by atoms with Gasteiger partial charge in [-0.3, -0.25) is 4.68 Å². The zero-order valence-corrected chi connectivity index (χ0v) is 12.4. The lowest BCUT2D eigenvalue weighted by Gasteiger charge is -2.20. The Morgan fingerprint density at radius 2 is 2.26 bits per heavy atom.